The first-order valence-corrected chi connectivity index (χ1v) is 3.88. The molecule has 1 aromatic rings. The molecule has 1 aliphatic rings. The van der Waals surface area contributed by atoms with Gasteiger partial charge in [-0.2, -0.15) is 0 Å². The number of aromatic nitrogens is 1. The maximum absolute atomic E-state index is 5.49. The molecule has 2 nitrogen and oxygen atoms in total. The second-order valence-electron chi connectivity index (χ2n) is 2.81. The Morgan fingerprint density at radius 1 is 1.64 bits per heavy atom. The summed E-state index contributed by atoms with van der Waals surface area (Å²) in [6, 6.07) is 3.79. The number of rotatable bonds is 3. The standard InChI is InChI=1S/C9H10NO/c1-2-8(6-10-5-1)7-11-9-3-4-9/h1-2,6,9H,3-4,7H2. The average Bonchev–Trinajstić information content (AvgIpc) is 2.86. The molecule has 1 aliphatic carbocycles. The normalized spacial score (nSPS) is 16.7. The van der Waals surface area contributed by atoms with Crippen LogP contribution in [-0.2, 0) is 11.3 Å². The molecule has 0 amide bonds. The van der Waals surface area contributed by atoms with Crippen molar-refractivity contribution in [2.24, 2.45) is 0 Å². The summed E-state index contributed by atoms with van der Waals surface area (Å²) in [5, 5.41) is 0. The largest absolute Gasteiger partial charge is 0.373 e. The molecule has 1 heterocycles. The highest BCUT2D eigenvalue weighted by Crippen LogP contribution is 2.24. The molecule has 1 saturated carbocycles. The van der Waals surface area contributed by atoms with Crippen LogP contribution in [-0.4, -0.2) is 11.1 Å². The van der Waals surface area contributed by atoms with Gasteiger partial charge in [-0.25, -0.2) is 0 Å². The number of pyridine rings is 1. The zero-order valence-corrected chi connectivity index (χ0v) is 6.29. The van der Waals surface area contributed by atoms with Crippen molar-refractivity contribution < 1.29 is 4.74 Å². The fourth-order valence-electron chi connectivity index (χ4n) is 0.885. The fourth-order valence-corrected chi connectivity index (χ4v) is 0.885. The highest BCUT2D eigenvalue weighted by molar-refractivity contribution is 5.06. The van der Waals surface area contributed by atoms with E-state index < -0.39 is 0 Å². The summed E-state index contributed by atoms with van der Waals surface area (Å²) in [6.45, 7) is 0.701. The van der Waals surface area contributed by atoms with Crippen molar-refractivity contribution in [2.45, 2.75) is 25.6 Å². The maximum atomic E-state index is 5.49. The van der Waals surface area contributed by atoms with Crippen LogP contribution >= 0.6 is 0 Å². The van der Waals surface area contributed by atoms with Gasteiger partial charge in [-0.3, -0.25) is 4.98 Å². The SMILES string of the molecule is [c]1ccc(COC2CC2)cn1. The minimum absolute atomic E-state index is 0.527. The molecule has 0 atom stereocenters. The Morgan fingerprint density at radius 3 is 3.18 bits per heavy atom. The summed E-state index contributed by atoms with van der Waals surface area (Å²) in [7, 11) is 0. The highest BCUT2D eigenvalue weighted by Gasteiger charge is 2.21. The Balaban J connectivity index is 1.85. The van der Waals surface area contributed by atoms with E-state index in [1.54, 1.807) is 6.20 Å². The lowest BCUT2D eigenvalue weighted by molar-refractivity contribution is 0.106. The van der Waals surface area contributed by atoms with E-state index in [1.807, 2.05) is 12.1 Å². The average molecular weight is 148 g/mol. The minimum Gasteiger partial charge on any atom is -0.373 e. The number of nitrogens with zero attached hydrogens (tertiary/aromatic N) is 1. The van der Waals surface area contributed by atoms with Gasteiger partial charge in [0.25, 0.3) is 0 Å². The van der Waals surface area contributed by atoms with Gasteiger partial charge in [-0.1, -0.05) is 6.07 Å². The van der Waals surface area contributed by atoms with E-state index in [0.717, 1.165) is 5.56 Å². The van der Waals surface area contributed by atoms with E-state index in [0.29, 0.717) is 12.7 Å². The van der Waals surface area contributed by atoms with Gasteiger partial charge >= 0.3 is 0 Å². The molecule has 0 saturated heterocycles. The molecule has 0 N–H and O–H groups in total. The molecule has 0 spiro atoms. The van der Waals surface area contributed by atoms with Crippen molar-refractivity contribution in [3.05, 3.63) is 30.1 Å². The van der Waals surface area contributed by atoms with Crippen molar-refractivity contribution in [2.75, 3.05) is 0 Å². The summed E-state index contributed by atoms with van der Waals surface area (Å²) in [6.07, 6.45) is 7.51. The predicted octanol–water partition coefficient (Wildman–Crippen LogP) is 1.56. The van der Waals surface area contributed by atoms with Crippen molar-refractivity contribution >= 4 is 0 Å². The van der Waals surface area contributed by atoms with Gasteiger partial charge in [-0.05, 0) is 24.5 Å². The molecular weight excluding hydrogens is 138 g/mol. The molecule has 57 valence electrons. The molecule has 0 unspecified atom stereocenters. The Labute approximate surface area is 66.2 Å². The molecule has 2 rings (SSSR count). The molecule has 0 aromatic carbocycles. The van der Waals surface area contributed by atoms with Crippen LogP contribution in [0.25, 0.3) is 0 Å². The van der Waals surface area contributed by atoms with Crippen LogP contribution in [0.4, 0.5) is 0 Å². The van der Waals surface area contributed by atoms with Crippen molar-refractivity contribution in [1.29, 1.82) is 0 Å². The summed E-state index contributed by atoms with van der Waals surface area (Å²) in [5.41, 5.74) is 1.13. The van der Waals surface area contributed by atoms with Gasteiger partial charge in [0.05, 0.1) is 18.9 Å². The first-order chi connectivity index (χ1) is 5.45. The molecule has 11 heavy (non-hydrogen) atoms. The zero-order valence-electron chi connectivity index (χ0n) is 6.29. The molecule has 1 fully saturated rings. The van der Waals surface area contributed by atoms with E-state index in [2.05, 4.69) is 11.2 Å². The zero-order chi connectivity index (χ0) is 7.52. The molecule has 0 bridgehead atoms. The Morgan fingerprint density at radius 2 is 2.55 bits per heavy atom. The Hall–Kier alpha value is -0.890. The van der Waals surface area contributed by atoms with Crippen LogP contribution in [0, 0.1) is 6.20 Å². The van der Waals surface area contributed by atoms with Gasteiger partial charge in [0.1, 0.15) is 0 Å². The molecule has 1 radical (unpaired) electrons. The van der Waals surface area contributed by atoms with Crippen molar-refractivity contribution in [3.63, 3.8) is 0 Å². The van der Waals surface area contributed by atoms with Crippen LogP contribution in [0.5, 0.6) is 0 Å². The smallest absolute Gasteiger partial charge is 0.0886 e. The van der Waals surface area contributed by atoms with E-state index in [4.69, 9.17) is 4.74 Å². The third-order valence-electron chi connectivity index (χ3n) is 1.69. The molecule has 2 heteroatoms. The fraction of sp³-hybridized carbons (Fsp3) is 0.444. The number of ether oxygens (including phenoxy) is 1. The number of hydrogen-bond donors (Lipinski definition) is 0. The van der Waals surface area contributed by atoms with E-state index >= 15 is 0 Å². The van der Waals surface area contributed by atoms with Crippen molar-refractivity contribution in [3.8, 4) is 0 Å². The first-order valence-electron chi connectivity index (χ1n) is 3.88. The monoisotopic (exact) mass is 148 g/mol. The van der Waals surface area contributed by atoms with Gasteiger partial charge in [0, 0.05) is 6.20 Å². The van der Waals surface area contributed by atoms with E-state index in [9.17, 15) is 0 Å². The van der Waals surface area contributed by atoms with Gasteiger partial charge in [0.2, 0.25) is 0 Å². The Kier molecular flexibility index (Phi) is 1.86. The minimum atomic E-state index is 0.527. The van der Waals surface area contributed by atoms with E-state index in [-0.39, 0.29) is 0 Å². The topological polar surface area (TPSA) is 22.1 Å². The summed E-state index contributed by atoms with van der Waals surface area (Å²) in [4.78, 5) is 3.88. The summed E-state index contributed by atoms with van der Waals surface area (Å²) >= 11 is 0. The quantitative estimate of drug-likeness (QED) is 0.649. The molecular formula is C9H10NO. The highest BCUT2D eigenvalue weighted by atomic mass is 16.5. The summed E-state index contributed by atoms with van der Waals surface area (Å²) in [5.74, 6) is 0. The van der Waals surface area contributed by atoms with Crippen LogP contribution in [0.2, 0.25) is 0 Å². The van der Waals surface area contributed by atoms with Crippen LogP contribution < -0.4 is 0 Å². The second kappa shape index (κ2) is 3.01. The molecule has 1 aromatic heterocycles. The maximum Gasteiger partial charge on any atom is 0.0886 e. The van der Waals surface area contributed by atoms with Gasteiger partial charge in [-0.15, -0.1) is 0 Å². The predicted molar refractivity (Wildman–Crippen MR) is 40.9 cm³/mol. The van der Waals surface area contributed by atoms with Crippen LogP contribution in [0.15, 0.2) is 18.3 Å². The second-order valence-corrected chi connectivity index (χ2v) is 2.81. The van der Waals surface area contributed by atoms with Gasteiger partial charge in [0.15, 0.2) is 0 Å². The van der Waals surface area contributed by atoms with Gasteiger partial charge < -0.3 is 4.74 Å². The third-order valence-corrected chi connectivity index (χ3v) is 1.69. The third kappa shape index (κ3) is 2.02. The lowest BCUT2D eigenvalue weighted by atomic mass is 10.3. The van der Waals surface area contributed by atoms with Crippen LogP contribution in [0.1, 0.15) is 18.4 Å². The number of hydrogen-bond acceptors (Lipinski definition) is 2. The van der Waals surface area contributed by atoms with E-state index in [1.165, 1.54) is 12.8 Å². The lowest BCUT2D eigenvalue weighted by Crippen LogP contribution is -1.94. The first kappa shape index (κ1) is 6.80. The summed E-state index contributed by atoms with van der Waals surface area (Å²) < 4.78 is 5.49. The Bertz CT molecular complexity index is 218. The molecule has 0 aliphatic heterocycles. The van der Waals surface area contributed by atoms with Crippen molar-refractivity contribution in [1.82, 2.24) is 4.98 Å². The lowest BCUT2D eigenvalue weighted by Gasteiger charge is -1.99. The van der Waals surface area contributed by atoms with Crippen LogP contribution in [0.3, 0.4) is 0 Å².